The molecular formula is C14H26N2O2. The lowest BCUT2D eigenvalue weighted by molar-refractivity contribution is 0.0124. The zero-order valence-corrected chi connectivity index (χ0v) is 11.9. The largest absolute Gasteiger partial charge is 0.444 e. The minimum absolute atomic E-state index is 0.147. The molecule has 2 saturated heterocycles. The van der Waals surface area contributed by atoms with Crippen LogP contribution in [0.25, 0.3) is 0 Å². The number of rotatable bonds is 1. The van der Waals surface area contributed by atoms with Gasteiger partial charge in [-0.15, -0.1) is 0 Å². The molecule has 0 bridgehead atoms. The smallest absolute Gasteiger partial charge is 0.410 e. The molecule has 0 aliphatic carbocycles. The molecule has 0 spiro atoms. The Hall–Kier alpha value is -0.770. The monoisotopic (exact) mass is 254 g/mol. The van der Waals surface area contributed by atoms with Crippen LogP contribution in [0.4, 0.5) is 4.79 Å². The number of hydrogen-bond acceptors (Lipinski definition) is 3. The second-order valence-electron chi connectivity index (χ2n) is 6.47. The molecule has 18 heavy (non-hydrogen) atoms. The van der Waals surface area contributed by atoms with Crippen LogP contribution in [0.3, 0.4) is 0 Å². The van der Waals surface area contributed by atoms with Crippen LogP contribution < -0.4 is 0 Å². The van der Waals surface area contributed by atoms with Gasteiger partial charge < -0.3 is 9.64 Å². The molecule has 4 heteroatoms. The maximum absolute atomic E-state index is 12.1. The maximum Gasteiger partial charge on any atom is 0.410 e. The van der Waals surface area contributed by atoms with E-state index >= 15 is 0 Å². The van der Waals surface area contributed by atoms with Crippen LogP contribution in [0.2, 0.25) is 0 Å². The summed E-state index contributed by atoms with van der Waals surface area (Å²) in [6.45, 7) is 9.86. The lowest BCUT2D eigenvalue weighted by atomic mass is 10.0. The van der Waals surface area contributed by atoms with Crippen molar-refractivity contribution in [3.8, 4) is 0 Å². The quantitative estimate of drug-likeness (QED) is 0.720. The van der Waals surface area contributed by atoms with Gasteiger partial charge in [-0.05, 0) is 59.5 Å². The molecule has 0 saturated carbocycles. The SMILES string of the molecule is CC(C)(C)OC(=O)N1CCC[C@@H](N2CCCC2)C1. The van der Waals surface area contributed by atoms with Gasteiger partial charge in [-0.3, -0.25) is 4.90 Å². The molecule has 0 aromatic heterocycles. The van der Waals surface area contributed by atoms with Gasteiger partial charge in [0.15, 0.2) is 0 Å². The summed E-state index contributed by atoms with van der Waals surface area (Å²) in [5.41, 5.74) is -0.391. The summed E-state index contributed by atoms with van der Waals surface area (Å²) in [4.78, 5) is 16.5. The molecular weight excluding hydrogens is 228 g/mol. The van der Waals surface area contributed by atoms with E-state index in [1.807, 2.05) is 25.7 Å². The number of carbonyl (C=O) groups is 1. The minimum Gasteiger partial charge on any atom is -0.444 e. The first kappa shape index (κ1) is 13.7. The number of hydrogen-bond donors (Lipinski definition) is 0. The molecule has 0 aromatic carbocycles. The van der Waals surface area contributed by atoms with Crippen LogP contribution in [0.15, 0.2) is 0 Å². The molecule has 0 aromatic rings. The van der Waals surface area contributed by atoms with E-state index in [2.05, 4.69) is 4.90 Å². The molecule has 2 rings (SSSR count). The Morgan fingerprint density at radius 1 is 1.11 bits per heavy atom. The molecule has 4 nitrogen and oxygen atoms in total. The topological polar surface area (TPSA) is 32.8 Å². The van der Waals surface area contributed by atoms with E-state index in [0.29, 0.717) is 6.04 Å². The Bertz CT molecular complexity index is 293. The first-order valence-corrected chi connectivity index (χ1v) is 7.18. The summed E-state index contributed by atoms with van der Waals surface area (Å²) >= 11 is 0. The van der Waals surface area contributed by atoms with E-state index in [-0.39, 0.29) is 6.09 Å². The molecule has 1 atom stereocenters. The predicted molar refractivity (Wildman–Crippen MR) is 71.6 cm³/mol. The van der Waals surface area contributed by atoms with Gasteiger partial charge in [0, 0.05) is 19.1 Å². The Morgan fingerprint density at radius 2 is 1.78 bits per heavy atom. The van der Waals surface area contributed by atoms with Gasteiger partial charge in [-0.25, -0.2) is 4.79 Å². The number of likely N-dealkylation sites (tertiary alicyclic amines) is 2. The fraction of sp³-hybridized carbons (Fsp3) is 0.929. The number of amides is 1. The molecule has 0 N–H and O–H groups in total. The van der Waals surface area contributed by atoms with E-state index < -0.39 is 5.60 Å². The third-order valence-corrected chi connectivity index (χ3v) is 3.71. The Kier molecular flexibility index (Phi) is 4.15. The van der Waals surface area contributed by atoms with Gasteiger partial charge in [-0.2, -0.15) is 0 Å². The highest BCUT2D eigenvalue weighted by atomic mass is 16.6. The number of nitrogens with zero attached hydrogens (tertiary/aromatic N) is 2. The van der Waals surface area contributed by atoms with Crippen molar-refractivity contribution in [3.63, 3.8) is 0 Å². The summed E-state index contributed by atoms with van der Waals surface area (Å²) in [6.07, 6.45) is 4.79. The number of piperidine rings is 1. The number of carbonyl (C=O) groups excluding carboxylic acids is 1. The second-order valence-corrected chi connectivity index (χ2v) is 6.47. The molecule has 0 radical (unpaired) electrons. The lowest BCUT2D eigenvalue weighted by Gasteiger charge is -2.38. The van der Waals surface area contributed by atoms with Crippen molar-refractivity contribution in [1.29, 1.82) is 0 Å². The molecule has 2 aliphatic heterocycles. The van der Waals surface area contributed by atoms with Gasteiger partial charge in [0.05, 0.1) is 0 Å². The maximum atomic E-state index is 12.1. The Balaban J connectivity index is 1.87. The third-order valence-electron chi connectivity index (χ3n) is 3.71. The van der Waals surface area contributed by atoms with Gasteiger partial charge in [0.25, 0.3) is 0 Å². The summed E-state index contributed by atoms with van der Waals surface area (Å²) in [5.74, 6) is 0. The molecule has 2 aliphatic rings. The standard InChI is InChI=1S/C14H26N2O2/c1-14(2,3)18-13(17)16-10-6-7-12(11-16)15-8-4-5-9-15/h12H,4-11H2,1-3H3/t12-/m1/s1. The van der Waals surface area contributed by atoms with Crippen LogP contribution in [0.1, 0.15) is 46.5 Å². The molecule has 1 amide bonds. The van der Waals surface area contributed by atoms with E-state index in [9.17, 15) is 4.79 Å². The normalized spacial score (nSPS) is 26.4. The van der Waals surface area contributed by atoms with Crippen molar-refractivity contribution in [3.05, 3.63) is 0 Å². The fourth-order valence-corrected chi connectivity index (χ4v) is 2.85. The van der Waals surface area contributed by atoms with Crippen molar-refractivity contribution in [2.24, 2.45) is 0 Å². The van der Waals surface area contributed by atoms with Crippen LogP contribution in [-0.2, 0) is 4.74 Å². The van der Waals surface area contributed by atoms with E-state index in [4.69, 9.17) is 4.74 Å². The predicted octanol–water partition coefficient (Wildman–Crippen LogP) is 2.48. The first-order valence-electron chi connectivity index (χ1n) is 7.18. The lowest BCUT2D eigenvalue weighted by Crippen LogP contribution is -2.50. The van der Waals surface area contributed by atoms with Gasteiger partial charge in [-0.1, -0.05) is 0 Å². The van der Waals surface area contributed by atoms with Crippen molar-refractivity contribution in [1.82, 2.24) is 9.80 Å². The number of ether oxygens (including phenoxy) is 1. The summed E-state index contributed by atoms with van der Waals surface area (Å²) in [7, 11) is 0. The van der Waals surface area contributed by atoms with Gasteiger partial charge in [0.1, 0.15) is 5.60 Å². The fourth-order valence-electron chi connectivity index (χ4n) is 2.85. The average molecular weight is 254 g/mol. The van der Waals surface area contributed by atoms with Gasteiger partial charge >= 0.3 is 6.09 Å². The van der Waals surface area contributed by atoms with Crippen LogP contribution >= 0.6 is 0 Å². The first-order chi connectivity index (χ1) is 8.46. The van der Waals surface area contributed by atoms with Crippen LogP contribution in [0.5, 0.6) is 0 Å². The summed E-state index contributed by atoms with van der Waals surface area (Å²) in [6, 6.07) is 0.550. The third kappa shape index (κ3) is 3.61. The highest BCUT2D eigenvalue weighted by Gasteiger charge is 2.31. The van der Waals surface area contributed by atoms with E-state index in [1.54, 1.807) is 0 Å². The highest BCUT2D eigenvalue weighted by molar-refractivity contribution is 5.68. The van der Waals surface area contributed by atoms with E-state index in [1.165, 1.54) is 32.4 Å². The van der Waals surface area contributed by atoms with Crippen LogP contribution in [0, 0.1) is 0 Å². The van der Waals surface area contributed by atoms with Crippen molar-refractivity contribution < 1.29 is 9.53 Å². The van der Waals surface area contributed by atoms with E-state index in [0.717, 1.165) is 19.5 Å². The molecule has 2 heterocycles. The highest BCUT2D eigenvalue weighted by Crippen LogP contribution is 2.21. The molecule has 2 fully saturated rings. The zero-order chi connectivity index (χ0) is 13.2. The Morgan fingerprint density at radius 3 is 2.39 bits per heavy atom. The Labute approximate surface area is 110 Å². The minimum atomic E-state index is -0.391. The van der Waals surface area contributed by atoms with Crippen molar-refractivity contribution in [2.75, 3.05) is 26.2 Å². The molecule has 0 unspecified atom stereocenters. The summed E-state index contributed by atoms with van der Waals surface area (Å²) in [5, 5.41) is 0. The van der Waals surface area contributed by atoms with Gasteiger partial charge in [0.2, 0.25) is 0 Å². The zero-order valence-electron chi connectivity index (χ0n) is 11.9. The second kappa shape index (κ2) is 5.47. The summed E-state index contributed by atoms with van der Waals surface area (Å²) < 4.78 is 5.46. The van der Waals surface area contributed by atoms with Crippen molar-refractivity contribution >= 4 is 6.09 Å². The van der Waals surface area contributed by atoms with Crippen LogP contribution in [-0.4, -0.2) is 53.7 Å². The van der Waals surface area contributed by atoms with Crippen molar-refractivity contribution in [2.45, 2.75) is 58.1 Å². The molecule has 104 valence electrons. The average Bonchev–Trinajstić information content (AvgIpc) is 2.80.